The lowest BCUT2D eigenvalue weighted by Crippen LogP contribution is -2.48. The first-order chi connectivity index (χ1) is 48.9. The molecule has 0 saturated carbocycles. The van der Waals surface area contributed by atoms with Crippen molar-refractivity contribution >= 4 is 147 Å². The molecule has 0 radical (unpaired) electrons. The van der Waals surface area contributed by atoms with Gasteiger partial charge in [0.1, 0.15) is 38.0 Å². The summed E-state index contributed by atoms with van der Waals surface area (Å²) in [6.07, 6.45) is 3.51. The number of sulfonamides is 1. The van der Waals surface area contributed by atoms with Gasteiger partial charge in [-0.05, 0) is 69.6 Å². The molecule has 0 unspecified atom stereocenters. The summed E-state index contributed by atoms with van der Waals surface area (Å²) in [5.74, 6) is -4.47. The predicted molar refractivity (Wildman–Crippen MR) is 381 cm³/mol. The number of anilines is 2. The molecular formula is C63H83ClN16O18S4. The number of likely N-dealkylation sites (N-methyl/N-ethyl adjacent to an activating group) is 1. The molecule has 6 aromatic rings. The molecule has 554 valence electrons. The van der Waals surface area contributed by atoms with E-state index in [4.69, 9.17) is 51.9 Å². The van der Waals surface area contributed by atoms with Crippen LogP contribution < -0.4 is 51.7 Å². The van der Waals surface area contributed by atoms with E-state index in [0.717, 1.165) is 10.9 Å². The number of carbonyl (C=O) groups is 9. The molecule has 34 nitrogen and oxygen atoms in total. The maximum atomic E-state index is 14.7. The highest BCUT2D eigenvalue weighted by atomic mass is 35.5. The number of rotatable bonds is 46. The van der Waals surface area contributed by atoms with Crippen LogP contribution in [0.2, 0.25) is 0 Å². The van der Waals surface area contributed by atoms with E-state index < -0.39 is 94.1 Å². The number of nitrogens with two attached hydrogens (primary N) is 3. The number of hydrogen-bond donors (Lipinski definition) is 8. The smallest absolute Gasteiger partial charge is 0.415 e. The van der Waals surface area contributed by atoms with Crippen molar-refractivity contribution in [3.63, 3.8) is 0 Å². The predicted octanol–water partition coefficient (Wildman–Crippen LogP) is 4.00. The Morgan fingerprint density at radius 2 is 1.62 bits per heavy atom. The zero-order valence-corrected chi connectivity index (χ0v) is 60.5. The van der Waals surface area contributed by atoms with Gasteiger partial charge >= 0.3 is 6.09 Å². The van der Waals surface area contributed by atoms with E-state index in [2.05, 4.69) is 51.3 Å². The summed E-state index contributed by atoms with van der Waals surface area (Å²) >= 11 is 7.24. The van der Waals surface area contributed by atoms with Crippen molar-refractivity contribution < 1.29 is 85.4 Å². The molecule has 11 N–H and O–H groups in total. The number of nitrogens with zero attached hydrogens (tertiary/aromatic N) is 9. The van der Waals surface area contributed by atoms with Crippen molar-refractivity contribution in [2.45, 2.75) is 93.1 Å². The number of H-pyrrole nitrogens is 1. The van der Waals surface area contributed by atoms with Gasteiger partial charge in [-0.15, -0.1) is 26.9 Å². The summed E-state index contributed by atoms with van der Waals surface area (Å²) in [5, 5.41) is 39.7. The number of aromatic amines is 1. The third-order valence-corrected chi connectivity index (χ3v) is 21.0. The average Bonchev–Trinajstić information content (AvgIpc) is 1.58. The Morgan fingerprint density at radius 1 is 0.882 bits per heavy atom. The summed E-state index contributed by atoms with van der Waals surface area (Å²) in [4.78, 5) is 136. The number of amides is 5. The van der Waals surface area contributed by atoms with Crippen molar-refractivity contribution in [3.05, 3.63) is 71.7 Å². The summed E-state index contributed by atoms with van der Waals surface area (Å²) < 4.78 is 51.7. The van der Waals surface area contributed by atoms with Gasteiger partial charge in [0.15, 0.2) is 23.2 Å². The van der Waals surface area contributed by atoms with E-state index in [0.29, 0.717) is 107 Å². The van der Waals surface area contributed by atoms with Gasteiger partial charge in [-0.25, -0.2) is 23.2 Å². The Balaban J connectivity index is 0.900. The van der Waals surface area contributed by atoms with E-state index in [-0.39, 0.29) is 111 Å². The van der Waals surface area contributed by atoms with Crippen molar-refractivity contribution in [2.75, 3.05) is 108 Å². The molecule has 5 atom stereocenters. The molecule has 102 heavy (non-hydrogen) atoms. The highest BCUT2D eigenvalue weighted by Crippen LogP contribution is 2.47. The number of halogens is 1. The SMILES string of the molecule is COc1cc2[nH]cc(C(=O)N3C[C@@H](CCl)c4c3cc(OC(=O)N(C)CCSSC[C@@H](COO)NC(=O)[C@H](COC=O)CC(=O)[C@H](CCCN=C(N)N)NC(=O)[C@H](COC=O)CC(=O)CCCCn3cc(CCCC(=O)Nc5nnc(S(N)(=O)=O)s5)nn3)c3ccccc43)c2cc1OCCN(C)C. The minimum absolute atomic E-state index is 0.0159. The number of aryl methyl sites for hydroxylation is 2. The van der Waals surface area contributed by atoms with Crippen LogP contribution in [-0.4, -0.2) is 224 Å². The lowest BCUT2D eigenvalue weighted by Gasteiger charge is -2.24. The normalized spacial score (nSPS) is 13.9. The number of benzene rings is 3. The molecule has 1 aliphatic heterocycles. The fourth-order valence-electron chi connectivity index (χ4n) is 10.8. The third-order valence-electron chi connectivity index (χ3n) is 16.0. The van der Waals surface area contributed by atoms with Gasteiger partial charge in [0.05, 0.1) is 53.5 Å². The molecule has 0 bridgehead atoms. The fraction of sp³-hybridized carbons (Fsp3) is 0.492. The standard InChI is InChI=1S/C63H83ClN16O18S4/c1-77(2)19-21-96-54-25-46-47(29-69-49(46)26-53(54)93-4)59(88)80-30-40(28-64)56-45-14-6-5-13-44(45)52(27-50(56)80)98-63(89)78(3)20-22-99-100-35-42(34-97-90)70-57(86)39(33-95-37-82)24-51(84)48(15-10-17-68-60(65)66)71-58(87)38(32-94-36-81)23-43(83)12-7-8-18-79-31-41(73-76-79)11-9-16-55(85)72-61-74-75-62(101-61)102(67,91)92/h5-6,13-14,25-27,29,31,36-40,42,48,69,90H,7-12,15-24,28,30,32-35H2,1-4H3,(H,70,86)(H,71,87)(H4,65,66,68)(H2,67,91,92)(H,72,74,85)/t38-,39-,40+,42+,48-/m0/s1. The second-order valence-corrected chi connectivity index (χ2v) is 29.5. The quantitative estimate of drug-likeness (QED) is 0.00308. The molecular weight excluding hydrogens is 1430 g/mol. The van der Waals surface area contributed by atoms with E-state index in [9.17, 15) is 56.8 Å². The number of hydrogen-bond acceptors (Lipinski definition) is 27. The molecule has 0 fully saturated rings. The van der Waals surface area contributed by atoms with Gasteiger partial charge < -0.3 is 70.8 Å². The molecule has 4 heterocycles. The number of aliphatic imine (C=N–C) groups is 1. The zero-order valence-electron chi connectivity index (χ0n) is 56.4. The number of Topliss-reactive ketones (excluding diaryl/α,β-unsaturated/α-hetero) is 2. The summed E-state index contributed by atoms with van der Waals surface area (Å²) in [6, 6.07) is 10.5. The van der Waals surface area contributed by atoms with Crippen LogP contribution in [-0.2, 0) is 70.9 Å². The van der Waals surface area contributed by atoms with Crippen LogP contribution in [0.5, 0.6) is 17.2 Å². The second kappa shape index (κ2) is 40.2. The van der Waals surface area contributed by atoms with Crippen LogP contribution in [0.1, 0.15) is 85.3 Å². The number of fused-ring (bicyclic) bond motifs is 4. The Morgan fingerprint density at radius 3 is 2.30 bits per heavy atom. The monoisotopic (exact) mass is 1510 g/mol. The largest absolute Gasteiger partial charge is 0.493 e. The highest BCUT2D eigenvalue weighted by molar-refractivity contribution is 8.76. The Bertz CT molecular complexity index is 4030. The lowest BCUT2D eigenvalue weighted by atomic mass is 9.94. The van der Waals surface area contributed by atoms with Gasteiger partial charge in [-0.2, -0.15) is 0 Å². The van der Waals surface area contributed by atoms with E-state index in [1.807, 2.05) is 43.3 Å². The number of ether oxygens (including phenoxy) is 5. The highest BCUT2D eigenvalue weighted by Gasteiger charge is 2.37. The van der Waals surface area contributed by atoms with Gasteiger partial charge in [0.2, 0.25) is 27.2 Å². The average molecular weight is 1520 g/mol. The van der Waals surface area contributed by atoms with Crippen molar-refractivity contribution in [1.82, 2.24) is 50.6 Å². The molecule has 3 aromatic heterocycles. The number of ketones is 2. The Labute approximate surface area is 603 Å². The molecule has 7 rings (SSSR count). The fourth-order valence-corrected chi connectivity index (χ4v) is 14.7. The lowest BCUT2D eigenvalue weighted by molar-refractivity contribution is -0.245. The molecule has 5 amide bonds. The van der Waals surface area contributed by atoms with Crippen molar-refractivity contribution in [2.24, 2.45) is 33.4 Å². The van der Waals surface area contributed by atoms with Gasteiger partial charge in [-0.1, -0.05) is 62.4 Å². The van der Waals surface area contributed by atoms with Gasteiger partial charge in [0.25, 0.3) is 28.9 Å². The summed E-state index contributed by atoms with van der Waals surface area (Å²) in [7, 11) is 5.52. The number of aromatic nitrogens is 6. The number of alkyl halides is 1. The molecule has 3 aromatic carbocycles. The van der Waals surface area contributed by atoms with Crippen LogP contribution in [0.25, 0.3) is 21.7 Å². The maximum Gasteiger partial charge on any atom is 0.415 e. The molecule has 0 saturated heterocycles. The van der Waals surface area contributed by atoms with E-state index in [1.165, 1.54) is 26.5 Å². The first-order valence-corrected chi connectivity index (χ1v) is 37.5. The summed E-state index contributed by atoms with van der Waals surface area (Å²) in [5.41, 5.74) is 14.1. The number of unbranched alkanes of at least 4 members (excludes halogenated alkanes) is 1. The van der Waals surface area contributed by atoms with Crippen LogP contribution in [0.3, 0.4) is 0 Å². The van der Waals surface area contributed by atoms with Gasteiger partial charge in [0, 0.05) is 124 Å². The minimum atomic E-state index is -4.06. The van der Waals surface area contributed by atoms with E-state index in [1.54, 1.807) is 54.3 Å². The molecule has 0 spiro atoms. The van der Waals surface area contributed by atoms with E-state index >= 15 is 0 Å². The number of methoxy groups -OCH3 is 1. The second-order valence-electron chi connectivity index (χ2n) is 23.8. The maximum absolute atomic E-state index is 14.7. The number of nitrogens with one attached hydrogen (secondary N) is 4. The third kappa shape index (κ3) is 23.9. The van der Waals surface area contributed by atoms with Gasteiger partial charge in [-0.3, -0.25) is 53.3 Å². The van der Waals surface area contributed by atoms with Crippen molar-refractivity contribution in [1.29, 1.82) is 0 Å². The number of guanidine groups is 1. The first kappa shape index (κ1) is 80.6. The topological polar surface area (TPSA) is 472 Å². The Hall–Kier alpha value is -8.76. The molecule has 0 aliphatic carbocycles. The van der Waals surface area contributed by atoms with Crippen LogP contribution >= 0.6 is 44.5 Å². The van der Waals surface area contributed by atoms with Crippen LogP contribution in [0.4, 0.5) is 15.6 Å². The Kier molecular flexibility index (Phi) is 31.7. The summed E-state index contributed by atoms with van der Waals surface area (Å²) in [6.45, 7) is 0.637. The number of primary sulfonamides is 1. The van der Waals surface area contributed by atoms with Crippen molar-refractivity contribution in [3.8, 4) is 17.2 Å². The molecule has 39 heteroatoms. The van der Waals surface area contributed by atoms with Crippen LogP contribution in [0, 0.1) is 11.8 Å². The van der Waals surface area contributed by atoms with Crippen LogP contribution in [0.15, 0.2) is 64.2 Å². The number of carbonyl (C=O) groups excluding carboxylic acids is 9. The minimum Gasteiger partial charge on any atom is -0.493 e. The molecule has 1 aliphatic rings. The first-order valence-electron chi connectivity index (χ1n) is 32.1. The zero-order chi connectivity index (χ0) is 73.9.